The first kappa shape index (κ1) is 23.1. The van der Waals surface area contributed by atoms with E-state index < -0.39 is 22.7 Å². The van der Waals surface area contributed by atoms with Gasteiger partial charge >= 0.3 is 11.9 Å². The van der Waals surface area contributed by atoms with Gasteiger partial charge in [-0.2, -0.15) is 9.78 Å². The first-order chi connectivity index (χ1) is 15.9. The van der Waals surface area contributed by atoms with Gasteiger partial charge in [0.1, 0.15) is 18.1 Å². The van der Waals surface area contributed by atoms with Crippen molar-refractivity contribution in [3.8, 4) is 5.75 Å². The van der Waals surface area contributed by atoms with E-state index in [4.69, 9.17) is 9.15 Å². The Kier molecular flexibility index (Phi) is 7.47. The average molecular weight is 456 g/mol. The van der Waals surface area contributed by atoms with E-state index >= 15 is 0 Å². The van der Waals surface area contributed by atoms with Crippen LogP contribution in [0, 0.1) is 10.1 Å². The zero-order valence-electron chi connectivity index (χ0n) is 17.8. The van der Waals surface area contributed by atoms with Gasteiger partial charge in [0.25, 0.3) is 0 Å². The lowest BCUT2D eigenvalue weighted by Crippen LogP contribution is -2.21. The van der Waals surface area contributed by atoms with Gasteiger partial charge in [-0.05, 0) is 36.1 Å². The number of nitrogens with one attached hydrogen (secondary N) is 1. The van der Waals surface area contributed by atoms with Crippen LogP contribution in [0.4, 0.5) is 5.95 Å². The maximum atomic E-state index is 12.1. The normalized spacial score (nSPS) is 11.2. The van der Waals surface area contributed by atoms with Crippen molar-refractivity contribution >= 4 is 23.5 Å². The maximum absolute atomic E-state index is 12.1. The second kappa shape index (κ2) is 10.7. The maximum Gasteiger partial charge on any atom is 0.490 e. The molecule has 2 aromatic heterocycles. The summed E-state index contributed by atoms with van der Waals surface area (Å²) >= 11 is 0. The van der Waals surface area contributed by atoms with Gasteiger partial charge in [-0.1, -0.05) is 17.1 Å². The van der Waals surface area contributed by atoms with Gasteiger partial charge in [-0.15, -0.1) is 0 Å². The van der Waals surface area contributed by atoms with Gasteiger partial charge in [-0.25, -0.2) is 10.2 Å². The highest BCUT2D eigenvalue weighted by atomic mass is 16.6. The molecule has 172 valence electrons. The highest BCUT2D eigenvalue weighted by Crippen LogP contribution is 2.21. The number of carbonyl (C=O) groups excluding carboxylic acids is 2. The summed E-state index contributed by atoms with van der Waals surface area (Å²) in [6.07, 6.45) is 1.18. The summed E-state index contributed by atoms with van der Waals surface area (Å²) in [4.78, 5) is 37.0. The average Bonchev–Trinajstić information content (AvgIpc) is 3.49. The number of aromatic nitrogens is 3. The predicted molar refractivity (Wildman–Crippen MR) is 112 cm³/mol. The first-order valence-electron chi connectivity index (χ1n) is 9.63. The number of hydrogen-bond donors (Lipinski definition) is 1. The Morgan fingerprint density at radius 3 is 2.79 bits per heavy atom. The lowest BCUT2D eigenvalue weighted by molar-refractivity contribution is -0.394. The molecule has 3 rings (SSSR count). The summed E-state index contributed by atoms with van der Waals surface area (Å²) in [5, 5.41) is 18.3. The van der Waals surface area contributed by atoms with Crippen molar-refractivity contribution in [2.24, 2.45) is 5.10 Å². The third-order valence-electron chi connectivity index (χ3n) is 4.30. The number of ether oxygens (including phenoxy) is 2. The molecule has 0 aliphatic carbocycles. The zero-order valence-corrected chi connectivity index (χ0v) is 17.8. The van der Waals surface area contributed by atoms with E-state index in [1.165, 1.54) is 24.2 Å². The van der Waals surface area contributed by atoms with E-state index in [9.17, 15) is 19.7 Å². The molecular formula is C20H20N6O7. The molecule has 1 amide bonds. The fourth-order valence-electron chi connectivity index (χ4n) is 2.66. The van der Waals surface area contributed by atoms with Gasteiger partial charge in [0.15, 0.2) is 0 Å². The summed E-state index contributed by atoms with van der Waals surface area (Å²) in [5.41, 5.74) is 3.57. The number of hydrazone groups is 1. The highest BCUT2D eigenvalue weighted by molar-refractivity contribution is 6.01. The van der Waals surface area contributed by atoms with Crippen molar-refractivity contribution < 1.29 is 28.4 Å². The molecule has 0 atom stereocenters. The smallest absolute Gasteiger partial charge is 0.485 e. The number of carbonyl (C=O) groups is 2. The molecule has 0 saturated carbocycles. The van der Waals surface area contributed by atoms with E-state index in [1.807, 2.05) is 0 Å². The number of benzene rings is 1. The van der Waals surface area contributed by atoms with Crippen molar-refractivity contribution in [3.63, 3.8) is 0 Å². The zero-order chi connectivity index (χ0) is 23.8. The molecule has 2 heterocycles. The quantitative estimate of drug-likeness (QED) is 0.208. The third kappa shape index (κ3) is 6.22. The molecule has 0 spiro atoms. The van der Waals surface area contributed by atoms with Crippen LogP contribution in [-0.4, -0.2) is 44.4 Å². The Balaban J connectivity index is 1.57. The van der Waals surface area contributed by atoms with Gasteiger partial charge in [0, 0.05) is 17.1 Å². The van der Waals surface area contributed by atoms with Crippen LogP contribution in [0.15, 0.2) is 52.2 Å². The van der Waals surface area contributed by atoms with Gasteiger partial charge < -0.3 is 24.0 Å². The minimum Gasteiger partial charge on any atom is -0.485 e. The number of methoxy groups -OCH3 is 1. The van der Waals surface area contributed by atoms with Crippen LogP contribution in [0.2, 0.25) is 0 Å². The highest BCUT2D eigenvalue weighted by Gasteiger charge is 2.15. The minimum atomic E-state index is -0.715. The van der Waals surface area contributed by atoms with Crippen LogP contribution >= 0.6 is 0 Å². The van der Waals surface area contributed by atoms with Gasteiger partial charge in [0.2, 0.25) is 18.0 Å². The molecule has 0 bridgehead atoms. The molecule has 0 radical (unpaired) electrons. The number of nitrogens with zero attached hydrogens (tertiary/aromatic N) is 5. The number of rotatable bonds is 10. The molecule has 0 aliphatic heterocycles. The molecule has 0 fully saturated rings. The number of hydrogen-bond acceptors (Lipinski definition) is 10. The molecular weight excluding hydrogens is 436 g/mol. The van der Waals surface area contributed by atoms with Crippen molar-refractivity contribution in [2.75, 3.05) is 7.11 Å². The Bertz CT molecular complexity index is 1180. The van der Waals surface area contributed by atoms with E-state index in [-0.39, 0.29) is 25.3 Å². The molecule has 13 nitrogen and oxygen atoms in total. The number of amides is 1. The molecule has 0 saturated heterocycles. The Morgan fingerprint density at radius 1 is 1.27 bits per heavy atom. The van der Waals surface area contributed by atoms with E-state index in [2.05, 4.69) is 25.3 Å². The number of aryl methyl sites for hydroxylation is 1. The Morgan fingerprint density at radius 2 is 2.06 bits per heavy atom. The third-order valence-corrected chi connectivity index (χ3v) is 4.30. The number of nitro groups is 1. The van der Waals surface area contributed by atoms with Crippen molar-refractivity contribution in [3.05, 3.63) is 69.9 Å². The van der Waals surface area contributed by atoms with Gasteiger partial charge in [0.05, 0.1) is 19.4 Å². The summed E-state index contributed by atoms with van der Waals surface area (Å²) in [6, 6.07) is 10.2. The lowest BCUT2D eigenvalue weighted by Gasteiger charge is -2.10. The van der Waals surface area contributed by atoms with Crippen LogP contribution in [0.5, 0.6) is 5.75 Å². The second-order valence-electron chi connectivity index (χ2n) is 6.59. The summed E-state index contributed by atoms with van der Waals surface area (Å²) < 4.78 is 17.0. The van der Waals surface area contributed by atoms with Crippen LogP contribution in [0.1, 0.15) is 35.2 Å². The van der Waals surface area contributed by atoms with Crippen molar-refractivity contribution in [1.29, 1.82) is 0 Å². The first-order valence-corrected chi connectivity index (χ1v) is 9.63. The molecule has 1 aromatic carbocycles. The fraction of sp³-hybridized carbons (Fsp3) is 0.250. The van der Waals surface area contributed by atoms with Gasteiger partial charge in [-0.3, -0.25) is 4.79 Å². The SMILES string of the molecule is COC(=O)c1ccc(COc2ccccc2/C(C)=N\NC(=O)CCn2cnc([N+](=O)[O-])n2)o1. The Hall–Kier alpha value is -4.55. The standard InChI is InChI=1S/C20H20N6O7/c1-13(22-23-18(27)9-10-25-12-21-20(24-25)26(29)30)15-5-3-4-6-16(15)32-11-14-7-8-17(33-14)19(28)31-2/h3-8,12H,9-11H2,1-2H3,(H,23,27)/b22-13-. The second-order valence-corrected chi connectivity index (χ2v) is 6.59. The molecule has 1 N–H and O–H groups in total. The predicted octanol–water partition coefficient (Wildman–Crippen LogP) is 2.08. The van der Waals surface area contributed by atoms with Crippen LogP contribution in [-0.2, 0) is 22.7 Å². The molecule has 0 unspecified atom stereocenters. The summed E-state index contributed by atoms with van der Waals surface area (Å²) in [6.45, 7) is 1.88. The number of furan rings is 1. The topological polar surface area (TPSA) is 164 Å². The fourth-order valence-corrected chi connectivity index (χ4v) is 2.66. The van der Waals surface area contributed by atoms with Crippen molar-refractivity contribution in [2.45, 2.75) is 26.5 Å². The van der Waals surface area contributed by atoms with E-state index in [0.29, 0.717) is 22.8 Å². The number of esters is 1. The van der Waals surface area contributed by atoms with Crippen LogP contribution in [0.3, 0.4) is 0 Å². The largest absolute Gasteiger partial charge is 0.490 e. The summed E-state index contributed by atoms with van der Waals surface area (Å²) in [5.74, 6) is -0.512. The van der Waals surface area contributed by atoms with Crippen LogP contribution in [0.25, 0.3) is 0 Å². The monoisotopic (exact) mass is 456 g/mol. The summed E-state index contributed by atoms with van der Waals surface area (Å²) in [7, 11) is 1.26. The number of para-hydroxylation sites is 1. The lowest BCUT2D eigenvalue weighted by atomic mass is 10.1. The van der Waals surface area contributed by atoms with E-state index in [1.54, 1.807) is 37.3 Å². The Labute approximate surface area is 187 Å². The molecule has 3 aromatic rings. The van der Waals surface area contributed by atoms with Crippen molar-refractivity contribution in [1.82, 2.24) is 20.2 Å². The van der Waals surface area contributed by atoms with E-state index in [0.717, 1.165) is 0 Å². The molecule has 0 aliphatic rings. The molecule has 13 heteroatoms. The van der Waals surface area contributed by atoms with Crippen LogP contribution < -0.4 is 10.2 Å². The minimum absolute atomic E-state index is 0.00351. The molecule has 33 heavy (non-hydrogen) atoms.